The minimum Gasteiger partial charge on any atom is -0.481 e. The van der Waals surface area contributed by atoms with Crippen LogP contribution in [0.1, 0.15) is 41.3 Å². The lowest BCUT2D eigenvalue weighted by atomic mass is 9.97. The fraction of sp³-hybridized carbons (Fsp3) is 0.211. The van der Waals surface area contributed by atoms with Gasteiger partial charge in [-0.2, -0.15) is 0 Å². The molecule has 0 amide bonds. The van der Waals surface area contributed by atoms with Crippen molar-refractivity contribution in [1.82, 2.24) is 0 Å². The second kappa shape index (κ2) is 7.21. The van der Waals surface area contributed by atoms with Gasteiger partial charge in [-0.3, -0.25) is 4.79 Å². The quantitative estimate of drug-likeness (QED) is 0.506. The minimum atomic E-state index is -0.203. The largest absolute Gasteiger partial charge is 0.481 e. The Morgan fingerprint density at radius 2 is 2.04 bits per heavy atom. The lowest BCUT2D eigenvalue weighted by molar-refractivity contribution is 0.103. The van der Waals surface area contributed by atoms with E-state index >= 15 is 0 Å². The molecule has 0 spiro atoms. The van der Waals surface area contributed by atoms with Crippen LogP contribution in [0.3, 0.4) is 0 Å². The van der Waals surface area contributed by atoms with Crippen molar-refractivity contribution < 1.29 is 9.53 Å². The molecule has 0 heterocycles. The summed E-state index contributed by atoms with van der Waals surface area (Å²) < 4.78 is 5.34. The van der Waals surface area contributed by atoms with Gasteiger partial charge in [0, 0.05) is 21.8 Å². The van der Waals surface area contributed by atoms with E-state index in [-0.39, 0.29) is 18.3 Å². The summed E-state index contributed by atoms with van der Waals surface area (Å²) in [4.78, 5) is 12.7. The van der Waals surface area contributed by atoms with Crippen LogP contribution in [-0.2, 0) is 0 Å². The molecule has 2 rings (SSSR count). The molecule has 0 saturated carbocycles. The van der Waals surface area contributed by atoms with Gasteiger partial charge in [-0.05, 0) is 35.7 Å². The number of carbonyl (C=O) groups is 1. The van der Waals surface area contributed by atoms with Crippen LogP contribution in [0.2, 0.25) is 5.02 Å². The Balaban J connectivity index is 2.37. The molecular weight excluding hydrogens is 310 g/mol. The van der Waals surface area contributed by atoms with Crippen molar-refractivity contribution in [2.75, 3.05) is 12.3 Å². The maximum Gasteiger partial charge on any atom is 0.195 e. The van der Waals surface area contributed by atoms with E-state index in [0.717, 1.165) is 5.56 Å². The Bertz CT molecular complexity index is 775. The lowest BCUT2D eigenvalue weighted by Crippen LogP contribution is -2.07. The average molecular weight is 328 g/mol. The first-order chi connectivity index (χ1) is 10.9. The zero-order chi connectivity index (χ0) is 17.0. The number of terminal acetylenes is 1. The molecule has 0 unspecified atom stereocenters. The van der Waals surface area contributed by atoms with Crippen molar-refractivity contribution >= 4 is 23.1 Å². The number of hydrogen-bond donors (Lipinski definition) is 1. The number of carbonyl (C=O) groups excluding carboxylic acids is 1. The number of halogens is 1. The highest BCUT2D eigenvalue weighted by molar-refractivity contribution is 6.32. The molecule has 0 aliphatic rings. The molecule has 0 bridgehead atoms. The maximum atomic E-state index is 12.7. The molecule has 3 nitrogen and oxygen atoms in total. The van der Waals surface area contributed by atoms with Crippen molar-refractivity contribution in [1.29, 1.82) is 0 Å². The van der Waals surface area contributed by atoms with Crippen molar-refractivity contribution in [2.24, 2.45) is 0 Å². The third kappa shape index (κ3) is 3.85. The van der Waals surface area contributed by atoms with Crippen LogP contribution in [0.5, 0.6) is 5.75 Å². The lowest BCUT2D eigenvalue weighted by Gasteiger charge is -2.11. The highest BCUT2D eigenvalue weighted by atomic mass is 35.5. The topological polar surface area (TPSA) is 52.3 Å². The number of anilines is 1. The molecule has 0 aliphatic carbocycles. The third-order valence-electron chi connectivity index (χ3n) is 3.48. The van der Waals surface area contributed by atoms with E-state index in [4.69, 9.17) is 28.5 Å². The van der Waals surface area contributed by atoms with Crippen molar-refractivity contribution in [2.45, 2.75) is 19.8 Å². The van der Waals surface area contributed by atoms with Gasteiger partial charge in [-0.25, -0.2) is 0 Å². The number of nitrogen functional groups attached to an aromatic ring is 1. The zero-order valence-electron chi connectivity index (χ0n) is 13.1. The smallest absolute Gasteiger partial charge is 0.195 e. The maximum absolute atomic E-state index is 12.7. The fourth-order valence-corrected chi connectivity index (χ4v) is 2.64. The van der Waals surface area contributed by atoms with Crippen molar-refractivity contribution in [3.63, 3.8) is 0 Å². The van der Waals surface area contributed by atoms with E-state index in [1.54, 1.807) is 30.3 Å². The number of nitrogens with two attached hydrogens (primary N) is 1. The van der Waals surface area contributed by atoms with E-state index in [1.807, 2.05) is 19.9 Å². The van der Waals surface area contributed by atoms with Gasteiger partial charge in [-0.1, -0.05) is 43.5 Å². The number of ether oxygens (including phenoxy) is 1. The summed E-state index contributed by atoms with van der Waals surface area (Å²) in [7, 11) is 0. The van der Waals surface area contributed by atoms with Crippen LogP contribution in [0.25, 0.3) is 0 Å². The molecule has 2 aromatic carbocycles. The summed E-state index contributed by atoms with van der Waals surface area (Å²) in [6.45, 7) is 4.23. The van der Waals surface area contributed by atoms with Crippen LogP contribution < -0.4 is 10.5 Å². The molecule has 0 atom stereocenters. The Hall–Kier alpha value is -2.44. The van der Waals surface area contributed by atoms with E-state index in [2.05, 4.69) is 5.92 Å². The SMILES string of the molecule is C#CCOc1ccc(N)c(C(=O)c2ccc(C(C)C)c(Cl)c2)c1. The first-order valence-electron chi connectivity index (χ1n) is 7.24. The highest BCUT2D eigenvalue weighted by Gasteiger charge is 2.16. The molecule has 2 aromatic rings. The number of hydrogen-bond acceptors (Lipinski definition) is 3. The van der Waals surface area contributed by atoms with Gasteiger partial charge in [0.2, 0.25) is 0 Å². The van der Waals surface area contributed by atoms with Crippen molar-refractivity contribution in [3.8, 4) is 18.1 Å². The predicted octanol–water partition coefficient (Wildman–Crippen LogP) is 4.29. The average Bonchev–Trinajstić information content (AvgIpc) is 2.53. The molecule has 0 aliphatic heterocycles. The van der Waals surface area contributed by atoms with Gasteiger partial charge in [0.25, 0.3) is 0 Å². The number of benzene rings is 2. The molecular formula is C19H18ClNO2. The second-order valence-electron chi connectivity index (χ2n) is 5.46. The zero-order valence-corrected chi connectivity index (χ0v) is 13.9. The van der Waals surface area contributed by atoms with E-state index in [0.29, 0.717) is 27.6 Å². The van der Waals surface area contributed by atoms with Gasteiger partial charge in [0.1, 0.15) is 12.4 Å². The van der Waals surface area contributed by atoms with Crippen LogP contribution in [-0.4, -0.2) is 12.4 Å². The Labute approximate surface area is 141 Å². The van der Waals surface area contributed by atoms with Crippen LogP contribution in [0.15, 0.2) is 36.4 Å². The third-order valence-corrected chi connectivity index (χ3v) is 3.80. The minimum absolute atomic E-state index is 0.131. The van der Waals surface area contributed by atoms with Crippen molar-refractivity contribution in [3.05, 3.63) is 58.1 Å². The van der Waals surface area contributed by atoms with Gasteiger partial charge in [0.15, 0.2) is 5.78 Å². The molecule has 0 fully saturated rings. The van der Waals surface area contributed by atoms with Gasteiger partial charge in [0.05, 0.1) is 0 Å². The molecule has 2 N–H and O–H groups in total. The first kappa shape index (κ1) is 16.9. The summed E-state index contributed by atoms with van der Waals surface area (Å²) in [6.07, 6.45) is 5.17. The number of ketones is 1. The standard InChI is InChI=1S/C19H18ClNO2/c1-4-9-23-14-6-8-18(21)16(11-14)19(22)13-5-7-15(12(2)3)17(20)10-13/h1,5-8,10-12H,9,21H2,2-3H3. The summed E-state index contributed by atoms with van der Waals surface area (Å²) in [5, 5.41) is 0.573. The monoisotopic (exact) mass is 327 g/mol. The van der Waals surface area contributed by atoms with E-state index < -0.39 is 0 Å². The number of rotatable bonds is 5. The second-order valence-corrected chi connectivity index (χ2v) is 5.87. The molecule has 0 saturated heterocycles. The fourth-order valence-electron chi connectivity index (χ4n) is 2.24. The summed E-state index contributed by atoms with van der Waals surface area (Å²) in [5.74, 6) is 2.97. The summed E-state index contributed by atoms with van der Waals surface area (Å²) >= 11 is 6.27. The first-order valence-corrected chi connectivity index (χ1v) is 7.61. The van der Waals surface area contributed by atoms with Gasteiger partial charge >= 0.3 is 0 Å². The summed E-state index contributed by atoms with van der Waals surface area (Å²) in [6, 6.07) is 10.2. The van der Waals surface area contributed by atoms with E-state index in [9.17, 15) is 4.79 Å². The van der Waals surface area contributed by atoms with Crippen LogP contribution in [0.4, 0.5) is 5.69 Å². The van der Waals surface area contributed by atoms with Gasteiger partial charge in [-0.15, -0.1) is 6.42 Å². The molecule has 0 radical (unpaired) electrons. The Morgan fingerprint density at radius 3 is 2.65 bits per heavy atom. The van der Waals surface area contributed by atoms with Crippen LogP contribution in [0, 0.1) is 12.3 Å². The molecule has 118 valence electrons. The Kier molecular flexibility index (Phi) is 5.31. The highest BCUT2D eigenvalue weighted by Crippen LogP contribution is 2.28. The normalized spacial score (nSPS) is 10.4. The van der Waals surface area contributed by atoms with Gasteiger partial charge < -0.3 is 10.5 Å². The van der Waals surface area contributed by atoms with Crippen LogP contribution >= 0.6 is 11.6 Å². The summed E-state index contributed by atoms with van der Waals surface area (Å²) in [5.41, 5.74) is 8.16. The Morgan fingerprint density at radius 1 is 1.30 bits per heavy atom. The molecule has 23 heavy (non-hydrogen) atoms. The molecule has 0 aromatic heterocycles. The van der Waals surface area contributed by atoms with E-state index in [1.165, 1.54) is 0 Å². The molecule has 4 heteroatoms. The predicted molar refractivity (Wildman–Crippen MR) is 94.2 cm³/mol.